The van der Waals surface area contributed by atoms with E-state index in [1.165, 1.54) is 11.8 Å². The van der Waals surface area contributed by atoms with Gasteiger partial charge in [0.25, 0.3) is 0 Å². The molecule has 1 unspecified atom stereocenters. The van der Waals surface area contributed by atoms with E-state index in [0.29, 0.717) is 18.2 Å². The number of aromatic nitrogens is 2. The summed E-state index contributed by atoms with van der Waals surface area (Å²) >= 11 is 1.45. The highest BCUT2D eigenvalue weighted by Gasteiger charge is 2.22. The summed E-state index contributed by atoms with van der Waals surface area (Å²) < 4.78 is 5.65. The molecule has 0 spiro atoms. The van der Waals surface area contributed by atoms with Crippen LogP contribution in [0.1, 0.15) is 23.9 Å². The minimum absolute atomic E-state index is 0.00273. The van der Waals surface area contributed by atoms with E-state index in [9.17, 15) is 4.79 Å². The van der Waals surface area contributed by atoms with E-state index in [-0.39, 0.29) is 11.9 Å². The Balaban J connectivity index is 1.46. The van der Waals surface area contributed by atoms with Crippen LogP contribution in [0.4, 0.5) is 0 Å². The third-order valence-electron chi connectivity index (χ3n) is 4.31. The first kappa shape index (κ1) is 16.8. The second kappa shape index (κ2) is 7.33. The first-order chi connectivity index (χ1) is 12.7. The number of nitrogens with one attached hydrogen (secondary N) is 1. The van der Waals surface area contributed by atoms with Crippen LogP contribution < -0.4 is 10.1 Å². The topological polar surface area (TPSA) is 64.1 Å². The molecule has 4 rings (SSSR count). The molecule has 1 aliphatic rings. The molecule has 5 nitrogen and oxygen atoms in total. The first-order valence-corrected chi connectivity index (χ1v) is 9.56. The fourth-order valence-electron chi connectivity index (χ4n) is 3.13. The minimum atomic E-state index is -0.00284. The highest BCUT2D eigenvalue weighted by Crippen LogP contribution is 2.32. The van der Waals surface area contributed by atoms with Crippen molar-refractivity contribution >= 4 is 28.6 Å². The number of carbonyl (C=O) groups excluding carboxylic acids is 1. The molecular weight excluding hydrogens is 346 g/mol. The van der Waals surface area contributed by atoms with E-state index >= 15 is 0 Å². The standard InChI is InChI=1S/C20H19N3O2S/c1-13-21-16-8-4-2-7-15(16)20(22-13)26-12-19(24)23-17-10-11-25-18-9-5-3-6-14(17)18/h2-9,17H,10-12H2,1H3,(H,23,24). The van der Waals surface area contributed by atoms with E-state index in [4.69, 9.17) is 4.74 Å². The highest BCUT2D eigenvalue weighted by atomic mass is 32.2. The molecule has 0 saturated carbocycles. The van der Waals surface area contributed by atoms with Gasteiger partial charge in [-0.3, -0.25) is 4.79 Å². The normalized spacial score (nSPS) is 16.0. The lowest BCUT2D eigenvalue weighted by atomic mass is 10.0. The average Bonchev–Trinajstić information content (AvgIpc) is 2.66. The fourth-order valence-corrected chi connectivity index (χ4v) is 4.01. The van der Waals surface area contributed by atoms with Gasteiger partial charge in [0, 0.05) is 17.4 Å². The van der Waals surface area contributed by atoms with Gasteiger partial charge in [-0.2, -0.15) is 0 Å². The van der Waals surface area contributed by atoms with Gasteiger partial charge in [0.2, 0.25) is 5.91 Å². The molecular formula is C20H19N3O2S. The molecule has 1 atom stereocenters. The van der Waals surface area contributed by atoms with Crippen LogP contribution in [0.25, 0.3) is 10.9 Å². The zero-order valence-corrected chi connectivity index (χ0v) is 15.3. The van der Waals surface area contributed by atoms with E-state index in [0.717, 1.165) is 33.7 Å². The Morgan fingerprint density at radius 3 is 2.92 bits per heavy atom. The maximum atomic E-state index is 12.5. The second-order valence-corrected chi connectivity index (χ2v) is 7.14. The molecule has 1 N–H and O–H groups in total. The Hall–Kier alpha value is -2.60. The Kier molecular flexibility index (Phi) is 4.75. The van der Waals surface area contributed by atoms with Crippen molar-refractivity contribution in [1.82, 2.24) is 15.3 Å². The third-order valence-corrected chi connectivity index (χ3v) is 5.30. The van der Waals surface area contributed by atoms with Gasteiger partial charge in [-0.25, -0.2) is 9.97 Å². The van der Waals surface area contributed by atoms with Crippen LogP contribution in [0.5, 0.6) is 5.75 Å². The van der Waals surface area contributed by atoms with Crippen molar-refractivity contribution in [2.75, 3.05) is 12.4 Å². The fraction of sp³-hybridized carbons (Fsp3) is 0.250. The number of rotatable bonds is 4. The minimum Gasteiger partial charge on any atom is -0.493 e. The lowest BCUT2D eigenvalue weighted by molar-refractivity contribution is -0.119. The summed E-state index contributed by atoms with van der Waals surface area (Å²) in [5.41, 5.74) is 1.95. The van der Waals surface area contributed by atoms with Crippen LogP contribution >= 0.6 is 11.8 Å². The zero-order valence-electron chi connectivity index (χ0n) is 14.4. The van der Waals surface area contributed by atoms with Crippen molar-refractivity contribution in [2.45, 2.75) is 24.4 Å². The second-order valence-electron chi connectivity index (χ2n) is 6.18. The Bertz CT molecular complexity index is 961. The number of hydrogen-bond acceptors (Lipinski definition) is 5. The van der Waals surface area contributed by atoms with Gasteiger partial charge in [0.1, 0.15) is 16.6 Å². The number of carbonyl (C=O) groups is 1. The molecule has 1 aliphatic heterocycles. The molecule has 1 aromatic heterocycles. The number of amides is 1. The van der Waals surface area contributed by atoms with E-state index in [1.54, 1.807) is 0 Å². The number of hydrogen-bond donors (Lipinski definition) is 1. The molecule has 0 aliphatic carbocycles. The molecule has 132 valence electrons. The molecule has 2 aromatic carbocycles. The smallest absolute Gasteiger partial charge is 0.230 e. The van der Waals surface area contributed by atoms with Gasteiger partial charge in [0.15, 0.2) is 0 Å². The summed E-state index contributed by atoms with van der Waals surface area (Å²) in [5, 5.41) is 4.95. The number of nitrogens with zero attached hydrogens (tertiary/aromatic N) is 2. The van der Waals surface area contributed by atoms with Crippen molar-refractivity contribution in [3.05, 3.63) is 59.9 Å². The van der Waals surface area contributed by atoms with Crippen LogP contribution in [-0.4, -0.2) is 28.2 Å². The lowest BCUT2D eigenvalue weighted by Gasteiger charge is -2.26. The molecule has 0 fully saturated rings. The van der Waals surface area contributed by atoms with Gasteiger partial charge >= 0.3 is 0 Å². The summed E-state index contributed by atoms with van der Waals surface area (Å²) in [6.07, 6.45) is 0.781. The van der Waals surface area contributed by atoms with Gasteiger partial charge in [0.05, 0.1) is 23.9 Å². The van der Waals surface area contributed by atoms with Gasteiger partial charge < -0.3 is 10.1 Å². The molecule has 6 heteroatoms. The summed E-state index contributed by atoms with van der Waals surface area (Å²) in [7, 11) is 0. The molecule has 2 heterocycles. The molecule has 0 bridgehead atoms. The summed E-state index contributed by atoms with van der Waals surface area (Å²) in [6.45, 7) is 2.49. The first-order valence-electron chi connectivity index (χ1n) is 8.58. The zero-order chi connectivity index (χ0) is 17.9. The van der Waals surface area contributed by atoms with E-state index in [1.807, 2.05) is 55.5 Å². The molecule has 1 amide bonds. The summed E-state index contributed by atoms with van der Waals surface area (Å²) in [4.78, 5) is 21.5. The van der Waals surface area contributed by atoms with Gasteiger partial charge in [-0.15, -0.1) is 0 Å². The summed E-state index contributed by atoms with van der Waals surface area (Å²) in [5.74, 6) is 1.89. The Morgan fingerprint density at radius 2 is 2.00 bits per heavy atom. The monoisotopic (exact) mass is 365 g/mol. The Morgan fingerprint density at radius 1 is 1.19 bits per heavy atom. The largest absolute Gasteiger partial charge is 0.493 e. The van der Waals surface area contributed by atoms with E-state index < -0.39 is 0 Å². The van der Waals surface area contributed by atoms with Gasteiger partial charge in [-0.1, -0.05) is 48.2 Å². The van der Waals surface area contributed by atoms with Crippen molar-refractivity contribution in [3.63, 3.8) is 0 Å². The quantitative estimate of drug-likeness (QED) is 0.564. The predicted octanol–water partition coefficient (Wildman–Crippen LogP) is 3.67. The number of benzene rings is 2. The van der Waals surface area contributed by atoms with E-state index in [2.05, 4.69) is 15.3 Å². The maximum Gasteiger partial charge on any atom is 0.230 e. The maximum absolute atomic E-state index is 12.5. The van der Waals surface area contributed by atoms with Crippen molar-refractivity contribution in [2.24, 2.45) is 0 Å². The average molecular weight is 365 g/mol. The van der Waals surface area contributed by atoms with Gasteiger partial charge in [-0.05, 0) is 19.1 Å². The molecule has 0 radical (unpaired) electrons. The summed E-state index contributed by atoms with van der Waals surface area (Å²) in [6, 6.07) is 15.7. The molecule has 0 saturated heterocycles. The number of aryl methyl sites for hydroxylation is 1. The highest BCUT2D eigenvalue weighted by molar-refractivity contribution is 8.00. The van der Waals surface area contributed by atoms with Crippen LogP contribution in [0.15, 0.2) is 53.6 Å². The number of thioether (sulfide) groups is 1. The van der Waals surface area contributed by atoms with Crippen LogP contribution in [0.3, 0.4) is 0 Å². The number of fused-ring (bicyclic) bond motifs is 2. The van der Waals surface area contributed by atoms with Crippen molar-refractivity contribution < 1.29 is 9.53 Å². The predicted molar refractivity (Wildman–Crippen MR) is 102 cm³/mol. The van der Waals surface area contributed by atoms with Crippen molar-refractivity contribution in [3.8, 4) is 5.75 Å². The third kappa shape index (κ3) is 3.51. The number of para-hydroxylation sites is 2. The van der Waals surface area contributed by atoms with Crippen LogP contribution in [0.2, 0.25) is 0 Å². The lowest BCUT2D eigenvalue weighted by Crippen LogP contribution is -2.33. The molecule has 26 heavy (non-hydrogen) atoms. The van der Waals surface area contributed by atoms with Crippen LogP contribution in [-0.2, 0) is 4.79 Å². The van der Waals surface area contributed by atoms with Crippen LogP contribution in [0, 0.1) is 6.92 Å². The van der Waals surface area contributed by atoms with Crippen molar-refractivity contribution in [1.29, 1.82) is 0 Å². The molecule has 3 aromatic rings. The Labute approximate surface area is 156 Å². The SMILES string of the molecule is Cc1nc(SCC(=O)NC2CCOc3ccccc32)c2ccccc2n1. The number of ether oxygens (including phenoxy) is 1.